The molecule has 3 aliphatic heterocycles. The van der Waals surface area contributed by atoms with E-state index in [1.807, 2.05) is 36.4 Å². The molecule has 3 saturated heterocycles. The first-order valence-electron chi connectivity index (χ1n) is 12.3. The monoisotopic (exact) mass is 555 g/mol. The maximum absolute atomic E-state index is 13.4. The van der Waals surface area contributed by atoms with Crippen molar-refractivity contribution in [2.45, 2.75) is 49.9 Å². The number of fused-ring (bicyclic) bond motifs is 3. The summed E-state index contributed by atoms with van der Waals surface area (Å²) >= 11 is 0. The van der Waals surface area contributed by atoms with E-state index in [1.165, 1.54) is 0 Å². The molecule has 0 aliphatic carbocycles. The van der Waals surface area contributed by atoms with Crippen LogP contribution in [0.1, 0.15) is 46.6 Å². The Morgan fingerprint density at radius 2 is 1.21 bits per heavy atom. The molecule has 3 aromatic rings. The Morgan fingerprint density at radius 1 is 0.737 bits per heavy atom. The van der Waals surface area contributed by atoms with Gasteiger partial charge in [-0.05, 0) is 66.7 Å². The van der Waals surface area contributed by atoms with Crippen molar-refractivity contribution in [3.63, 3.8) is 0 Å². The lowest BCUT2D eigenvalue weighted by Gasteiger charge is -2.53. The normalized spacial score (nSPS) is 23.3. The number of rotatable bonds is 6. The van der Waals surface area contributed by atoms with Crippen LogP contribution in [0.2, 0.25) is 0 Å². The van der Waals surface area contributed by atoms with Crippen molar-refractivity contribution >= 4 is 12.4 Å². The van der Waals surface area contributed by atoms with E-state index in [9.17, 15) is 26.3 Å². The fourth-order valence-electron chi connectivity index (χ4n) is 5.87. The third-order valence-corrected chi connectivity index (χ3v) is 7.55. The fraction of sp³-hybridized carbons (Fsp3) is 0.379. The van der Waals surface area contributed by atoms with Crippen LogP contribution >= 0.6 is 12.4 Å². The Labute approximate surface area is 224 Å². The van der Waals surface area contributed by atoms with Crippen LogP contribution in [-0.2, 0) is 23.7 Å². The molecule has 0 saturated carbocycles. The van der Waals surface area contributed by atoms with Crippen LogP contribution in [0, 0.1) is 5.92 Å². The van der Waals surface area contributed by atoms with Gasteiger partial charge in [0.15, 0.2) is 0 Å². The van der Waals surface area contributed by atoms with Gasteiger partial charge in [-0.3, -0.25) is 4.90 Å². The van der Waals surface area contributed by atoms with Crippen LogP contribution in [0.25, 0.3) is 0 Å². The molecule has 0 radical (unpaired) electrons. The SMILES string of the molecule is Cl.FC(F)(F)c1cc(CO[C@@H]2C3CCN(CC3)[C@@H]2C(c2ccccc2)c2ccccc2)cc(C(F)(F)F)c1. The summed E-state index contributed by atoms with van der Waals surface area (Å²) < 4.78 is 86.6. The van der Waals surface area contributed by atoms with E-state index < -0.39 is 23.5 Å². The van der Waals surface area contributed by atoms with E-state index in [-0.39, 0.29) is 54.6 Å². The molecule has 3 aliphatic rings. The molecular weight excluding hydrogens is 528 g/mol. The van der Waals surface area contributed by atoms with Gasteiger partial charge in [-0.15, -0.1) is 12.4 Å². The number of nitrogens with zero attached hydrogens (tertiary/aromatic N) is 1. The zero-order chi connectivity index (χ0) is 26.2. The summed E-state index contributed by atoms with van der Waals surface area (Å²) in [5, 5.41) is 0. The molecule has 0 aromatic heterocycles. The number of piperidine rings is 3. The maximum atomic E-state index is 13.4. The molecule has 0 amide bonds. The van der Waals surface area contributed by atoms with Crippen LogP contribution in [0.3, 0.4) is 0 Å². The maximum Gasteiger partial charge on any atom is 0.416 e. The second kappa shape index (κ2) is 11.3. The molecule has 0 N–H and O–H groups in total. The van der Waals surface area contributed by atoms with Gasteiger partial charge in [0.2, 0.25) is 0 Å². The molecule has 2 nitrogen and oxygen atoms in total. The van der Waals surface area contributed by atoms with Crippen molar-refractivity contribution in [1.29, 1.82) is 0 Å². The summed E-state index contributed by atoms with van der Waals surface area (Å²) in [6.45, 7) is 1.44. The third kappa shape index (κ3) is 6.03. The van der Waals surface area contributed by atoms with Gasteiger partial charge in [0, 0.05) is 12.0 Å². The minimum absolute atomic E-state index is 0. The number of hydrogen-bond acceptors (Lipinski definition) is 2. The topological polar surface area (TPSA) is 12.5 Å². The first-order valence-corrected chi connectivity index (χ1v) is 12.3. The third-order valence-electron chi connectivity index (χ3n) is 7.55. The Kier molecular flexibility index (Phi) is 8.45. The average molecular weight is 556 g/mol. The molecule has 3 fully saturated rings. The molecule has 204 valence electrons. The van der Waals surface area contributed by atoms with Crippen LogP contribution in [-0.4, -0.2) is 30.1 Å². The van der Waals surface area contributed by atoms with E-state index in [1.54, 1.807) is 0 Å². The van der Waals surface area contributed by atoms with Crippen molar-refractivity contribution in [2.75, 3.05) is 13.1 Å². The lowest BCUT2D eigenvalue weighted by Crippen LogP contribution is -2.60. The van der Waals surface area contributed by atoms with Crippen LogP contribution in [0.5, 0.6) is 0 Å². The molecule has 3 aromatic carbocycles. The Bertz CT molecular complexity index is 1120. The highest BCUT2D eigenvalue weighted by Gasteiger charge is 2.47. The highest BCUT2D eigenvalue weighted by atomic mass is 35.5. The standard InChI is InChI=1S/C29H27F6NO.ClH/c30-28(31,32)23-15-19(16-24(17-23)29(33,34)35)18-37-27-22-11-13-36(14-12-22)26(27)25(20-7-3-1-4-8-20)21-9-5-2-6-10-21;/h1-10,15-17,22,25-27H,11-14,18H2;1H/t26-,27-;/m1./s1. The van der Waals surface area contributed by atoms with Gasteiger partial charge in [-0.2, -0.15) is 26.3 Å². The highest BCUT2D eigenvalue weighted by molar-refractivity contribution is 5.85. The van der Waals surface area contributed by atoms with Gasteiger partial charge in [0.1, 0.15) is 0 Å². The van der Waals surface area contributed by atoms with Crippen molar-refractivity contribution in [2.24, 2.45) is 5.92 Å². The van der Waals surface area contributed by atoms with Gasteiger partial charge >= 0.3 is 12.4 Å². The van der Waals surface area contributed by atoms with Crippen LogP contribution in [0.15, 0.2) is 78.9 Å². The lowest BCUT2D eigenvalue weighted by atomic mass is 9.72. The minimum atomic E-state index is -4.89. The molecule has 2 bridgehead atoms. The zero-order valence-electron chi connectivity index (χ0n) is 20.4. The highest BCUT2D eigenvalue weighted by Crippen LogP contribution is 2.44. The second-order valence-electron chi connectivity index (χ2n) is 9.85. The summed E-state index contributed by atoms with van der Waals surface area (Å²) in [6, 6.07) is 21.6. The van der Waals surface area contributed by atoms with Crippen molar-refractivity contribution in [3.05, 3.63) is 107 Å². The van der Waals surface area contributed by atoms with Crippen LogP contribution < -0.4 is 0 Å². The Morgan fingerprint density at radius 3 is 1.66 bits per heavy atom. The largest absolute Gasteiger partial charge is 0.416 e. The number of alkyl halides is 6. The molecule has 2 atom stereocenters. The molecule has 0 unspecified atom stereocenters. The van der Waals surface area contributed by atoms with E-state index in [4.69, 9.17) is 4.74 Å². The van der Waals surface area contributed by atoms with Crippen molar-refractivity contribution in [3.8, 4) is 0 Å². The summed E-state index contributed by atoms with van der Waals surface area (Å²) in [4.78, 5) is 2.36. The molecule has 9 heteroatoms. The van der Waals surface area contributed by atoms with E-state index >= 15 is 0 Å². The minimum Gasteiger partial charge on any atom is -0.372 e. The first kappa shape index (κ1) is 28.5. The summed E-state index contributed by atoms with van der Waals surface area (Å²) in [5.74, 6) is 0.126. The molecule has 0 spiro atoms. The Balaban J connectivity index is 0.00000336. The smallest absolute Gasteiger partial charge is 0.372 e. The predicted molar refractivity (Wildman–Crippen MR) is 135 cm³/mol. The van der Waals surface area contributed by atoms with Crippen LogP contribution in [0.4, 0.5) is 26.3 Å². The summed E-state index contributed by atoms with van der Waals surface area (Å²) in [6.07, 6.45) is -8.35. The Hall–Kier alpha value is -2.55. The molecular formula is C29H28ClF6NO. The molecule has 38 heavy (non-hydrogen) atoms. The van der Waals surface area contributed by atoms with Crippen molar-refractivity contribution < 1.29 is 31.1 Å². The summed E-state index contributed by atoms with van der Waals surface area (Å²) in [5.41, 5.74) is -0.583. The van der Waals surface area contributed by atoms with Gasteiger partial charge < -0.3 is 4.74 Å². The lowest BCUT2D eigenvalue weighted by molar-refractivity contribution is -0.143. The number of benzene rings is 3. The summed E-state index contributed by atoms with van der Waals surface area (Å²) in [7, 11) is 0. The fourth-order valence-corrected chi connectivity index (χ4v) is 5.87. The molecule has 3 heterocycles. The van der Waals surface area contributed by atoms with Crippen molar-refractivity contribution in [1.82, 2.24) is 4.90 Å². The predicted octanol–water partition coefficient (Wildman–Crippen LogP) is 7.96. The number of hydrogen-bond donors (Lipinski definition) is 0. The van der Waals surface area contributed by atoms with E-state index in [0.29, 0.717) is 0 Å². The number of ether oxygens (including phenoxy) is 1. The van der Waals surface area contributed by atoms with E-state index in [0.717, 1.165) is 49.2 Å². The average Bonchev–Trinajstić information content (AvgIpc) is 2.89. The van der Waals surface area contributed by atoms with Gasteiger partial charge in [-0.25, -0.2) is 0 Å². The number of halogens is 7. The molecule has 6 rings (SSSR count). The first-order chi connectivity index (χ1) is 17.6. The van der Waals surface area contributed by atoms with Gasteiger partial charge in [0.05, 0.1) is 23.8 Å². The second-order valence-corrected chi connectivity index (χ2v) is 9.85. The quantitative estimate of drug-likeness (QED) is 0.286. The van der Waals surface area contributed by atoms with Gasteiger partial charge in [0.25, 0.3) is 0 Å². The van der Waals surface area contributed by atoms with E-state index in [2.05, 4.69) is 29.2 Å². The zero-order valence-corrected chi connectivity index (χ0v) is 21.2. The van der Waals surface area contributed by atoms with Gasteiger partial charge in [-0.1, -0.05) is 60.7 Å².